The summed E-state index contributed by atoms with van der Waals surface area (Å²) >= 11 is 17.5. The molecule has 108 valence electrons. The van der Waals surface area contributed by atoms with Gasteiger partial charge in [-0.25, -0.2) is 4.98 Å². The molecular formula is C15H11BrCl2N2S. The number of fused-ring (bicyclic) bond motifs is 1. The van der Waals surface area contributed by atoms with Gasteiger partial charge in [0, 0.05) is 4.47 Å². The van der Waals surface area contributed by atoms with E-state index in [1.165, 1.54) is 4.70 Å². The van der Waals surface area contributed by atoms with Crippen LogP contribution in [-0.2, 0) is 0 Å². The van der Waals surface area contributed by atoms with Crippen molar-refractivity contribution in [3.05, 3.63) is 55.9 Å². The van der Waals surface area contributed by atoms with Gasteiger partial charge in [0.25, 0.3) is 0 Å². The van der Waals surface area contributed by atoms with Crippen LogP contribution in [0.2, 0.25) is 10.0 Å². The van der Waals surface area contributed by atoms with Gasteiger partial charge in [-0.3, -0.25) is 0 Å². The molecule has 0 saturated carbocycles. The molecule has 0 aliphatic heterocycles. The van der Waals surface area contributed by atoms with Crippen molar-refractivity contribution < 1.29 is 0 Å². The lowest BCUT2D eigenvalue weighted by Gasteiger charge is -2.15. The van der Waals surface area contributed by atoms with Gasteiger partial charge in [0.2, 0.25) is 0 Å². The maximum absolute atomic E-state index is 6.27. The van der Waals surface area contributed by atoms with Crippen LogP contribution in [0.5, 0.6) is 0 Å². The van der Waals surface area contributed by atoms with Crippen molar-refractivity contribution in [3.8, 4) is 0 Å². The highest BCUT2D eigenvalue weighted by Crippen LogP contribution is 2.37. The van der Waals surface area contributed by atoms with Crippen LogP contribution in [0.4, 0.5) is 5.69 Å². The summed E-state index contributed by atoms with van der Waals surface area (Å²) in [6, 6.07) is 11.9. The minimum atomic E-state index is 0.0529. The third-order valence-corrected chi connectivity index (χ3v) is 6.08. The Morgan fingerprint density at radius 2 is 1.90 bits per heavy atom. The molecule has 0 amide bonds. The maximum atomic E-state index is 6.27. The van der Waals surface area contributed by atoms with Crippen molar-refractivity contribution in [1.29, 1.82) is 0 Å². The van der Waals surface area contributed by atoms with Crippen LogP contribution in [0.15, 0.2) is 40.9 Å². The van der Waals surface area contributed by atoms with Crippen LogP contribution in [0.25, 0.3) is 10.2 Å². The number of anilines is 1. The predicted molar refractivity (Wildman–Crippen MR) is 95.8 cm³/mol. The van der Waals surface area contributed by atoms with E-state index in [0.29, 0.717) is 10.0 Å². The molecule has 1 unspecified atom stereocenters. The SMILES string of the molecule is CC(Nc1ccc(Br)c(Cl)c1Cl)c1nc2ccccc2s1. The van der Waals surface area contributed by atoms with Crippen LogP contribution in [-0.4, -0.2) is 4.98 Å². The number of nitrogens with zero attached hydrogens (tertiary/aromatic N) is 1. The summed E-state index contributed by atoms with van der Waals surface area (Å²) in [6.07, 6.45) is 0. The monoisotopic (exact) mass is 400 g/mol. The number of hydrogen-bond donors (Lipinski definition) is 1. The van der Waals surface area contributed by atoms with Gasteiger partial charge in [0.15, 0.2) is 0 Å². The van der Waals surface area contributed by atoms with Crippen LogP contribution in [0.1, 0.15) is 18.0 Å². The lowest BCUT2D eigenvalue weighted by molar-refractivity contribution is 0.874. The average molecular weight is 402 g/mol. The Morgan fingerprint density at radius 1 is 1.14 bits per heavy atom. The molecule has 21 heavy (non-hydrogen) atoms. The largest absolute Gasteiger partial charge is 0.375 e. The Balaban J connectivity index is 1.89. The third-order valence-electron chi connectivity index (χ3n) is 3.09. The molecule has 3 aromatic rings. The Bertz CT molecular complexity index is 770. The fourth-order valence-electron chi connectivity index (χ4n) is 2.01. The smallest absolute Gasteiger partial charge is 0.116 e. The summed E-state index contributed by atoms with van der Waals surface area (Å²) in [4.78, 5) is 4.65. The molecule has 2 nitrogen and oxygen atoms in total. The summed E-state index contributed by atoms with van der Waals surface area (Å²) in [7, 11) is 0. The topological polar surface area (TPSA) is 24.9 Å². The van der Waals surface area contributed by atoms with E-state index in [1.54, 1.807) is 11.3 Å². The van der Waals surface area contributed by atoms with Crippen molar-refractivity contribution in [2.75, 3.05) is 5.32 Å². The molecule has 1 aromatic heterocycles. The zero-order chi connectivity index (χ0) is 15.0. The fourth-order valence-corrected chi connectivity index (χ4v) is 3.81. The molecular weight excluding hydrogens is 391 g/mol. The molecule has 1 heterocycles. The Morgan fingerprint density at radius 3 is 2.67 bits per heavy atom. The second-order valence-corrected chi connectivity index (χ2v) is 7.28. The van der Waals surface area contributed by atoms with Gasteiger partial charge in [-0.2, -0.15) is 0 Å². The summed E-state index contributed by atoms with van der Waals surface area (Å²) in [5, 5.41) is 5.41. The molecule has 2 aromatic carbocycles. The number of thiazole rings is 1. The lowest BCUT2D eigenvalue weighted by Crippen LogP contribution is -2.06. The van der Waals surface area contributed by atoms with E-state index >= 15 is 0 Å². The number of para-hydroxylation sites is 1. The predicted octanol–water partition coefficient (Wildman–Crippen LogP) is 6.54. The summed E-state index contributed by atoms with van der Waals surface area (Å²) < 4.78 is 1.97. The minimum absolute atomic E-state index is 0.0529. The first-order valence-electron chi connectivity index (χ1n) is 6.32. The van der Waals surface area contributed by atoms with E-state index in [-0.39, 0.29) is 6.04 Å². The molecule has 0 bridgehead atoms. The molecule has 1 atom stereocenters. The van der Waals surface area contributed by atoms with Gasteiger partial charge >= 0.3 is 0 Å². The Labute approximate surface area is 145 Å². The van der Waals surface area contributed by atoms with Crippen LogP contribution < -0.4 is 5.32 Å². The fraction of sp³-hybridized carbons (Fsp3) is 0.133. The second-order valence-electron chi connectivity index (χ2n) is 4.61. The summed E-state index contributed by atoms with van der Waals surface area (Å²) in [5.41, 5.74) is 1.82. The van der Waals surface area contributed by atoms with Crippen molar-refractivity contribution in [2.24, 2.45) is 0 Å². The van der Waals surface area contributed by atoms with Gasteiger partial charge in [0.1, 0.15) is 5.01 Å². The van der Waals surface area contributed by atoms with Gasteiger partial charge < -0.3 is 5.32 Å². The molecule has 3 rings (SSSR count). The standard InChI is InChI=1S/C15H11BrCl2N2S/c1-8(15-20-10-4-2-3-5-12(10)21-15)19-11-7-6-9(16)13(17)14(11)18/h2-8,19H,1H3. The van der Waals surface area contributed by atoms with Crippen molar-refractivity contribution in [3.63, 3.8) is 0 Å². The van der Waals surface area contributed by atoms with Crippen LogP contribution >= 0.6 is 50.5 Å². The first kappa shape index (κ1) is 15.1. The average Bonchev–Trinajstić information content (AvgIpc) is 2.92. The molecule has 0 aliphatic carbocycles. The van der Waals surface area contributed by atoms with E-state index in [1.807, 2.05) is 30.3 Å². The first-order chi connectivity index (χ1) is 10.1. The second kappa shape index (κ2) is 6.13. The molecule has 0 spiro atoms. The molecule has 0 fully saturated rings. The van der Waals surface area contributed by atoms with Gasteiger partial charge in [-0.1, -0.05) is 35.3 Å². The van der Waals surface area contributed by atoms with E-state index in [9.17, 15) is 0 Å². The summed E-state index contributed by atoms with van der Waals surface area (Å²) in [5.74, 6) is 0. The van der Waals surface area contributed by atoms with Gasteiger partial charge in [0.05, 0.1) is 32.0 Å². The quantitative estimate of drug-likeness (QED) is 0.504. The van der Waals surface area contributed by atoms with E-state index in [0.717, 1.165) is 20.7 Å². The van der Waals surface area contributed by atoms with Crippen molar-refractivity contribution in [1.82, 2.24) is 4.98 Å². The lowest BCUT2D eigenvalue weighted by atomic mass is 10.2. The highest BCUT2D eigenvalue weighted by Gasteiger charge is 2.14. The third kappa shape index (κ3) is 3.04. The Kier molecular flexibility index (Phi) is 4.41. The van der Waals surface area contributed by atoms with E-state index < -0.39 is 0 Å². The minimum Gasteiger partial charge on any atom is -0.375 e. The number of benzene rings is 2. The molecule has 6 heteroatoms. The number of rotatable bonds is 3. The molecule has 0 radical (unpaired) electrons. The zero-order valence-electron chi connectivity index (χ0n) is 11.0. The number of halogens is 3. The molecule has 0 aliphatic rings. The number of aromatic nitrogens is 1. The molecule has 1 N–H and O–H groups in total. The van der Waals surface area contributed by atoms with Gasteiger partial charge in [-0.05, 0) is 47.1 Å². The van der Waals surface area contributed by atoms with Crippen molar-refractivity contribution >= 4 is 66.4 Å². The Hall–Kier alpha value is -0.810. The highest BCUT2D eigenvalue weighted by atomic mass is 79.9. The normalized spacial score (nSPS) is 12.6. The maximum Gasteiger partial charge on any atom is 0.116 e. The van der Waals surface area contributed by atoms with E-state index in [4.69, 9.17) is 23.2 Å². The zero-order valence-corrected chi connectivity index (χ0v) is 14.9. The number of hydrogen-bond acceptors (Lipinski definition) is 3. The van der Waals surface area contributed by atoms with Crippen molar-refractivity contribution in [2.45, 2.75) is 13.0 Å². The highest BCUT2D eigenvalue weighted by molar-refractivity contribution is 9.10. The number of nitrogens with one attached hydrogen (secondary N) is 1. The summed E-state index contributed by atoms with van der Waals surface area (Å²) in [6.45, 7) is 2.06. The van der Waals surface area contributed by atoms with Gasteiger partial charge in [-0.15, -0.1) is 11.3 Å². The molecule has 0 saturated heterocycles. The van der Waals surface area contributed by atoms with Crippen LogP contribution in [0.3, 0.4) is 0 Å². The first-order valence-corrected chi connectivity index (χ1v) is 8.68. The van der Waals surface area contributed by atoms with Crippen LogP contribution in [0, 0.1) is 0 Å². The van der Waals surface area contributed by atoms with E-state index in [2.05, 4.69) is 39.2 Å².